The van der Waals surface area contributed by atoms with Crippen LogP contribution in [0.25, 0.3) is 0 Å². The van der Waals surface area contributed by atoms with E-state index in [1.54, 1.807) is 0 Å². The second-order valence-electron chi connectivity index (χ2n) is 10.8. The van der Waals surface area contributed by atoms with Gasteiger partial charge in [-0.15, -0.1) is 0 Å². The molecule has 0 aliphatic heterocycles. The van der Waals surface area contributed by atoms with Gasteiger partial charge in [-0.25, -0.2) is 4.79 Å². The Labute approximate surface area is 186 Å². The third kappa shape index (κ3) is 7.16. The van der Waals surface area contributed by atoms with E-state index in [1.165, 1.54) is 83.5 Å². The monoisotopic (exact) mass is 420 g/mol. The maximum Gasteiger partial charge on any atom is 0.509 e. The Morgan fingerprint density at radius 2 is 1.47 bits per heavy atom. The molecule has 30 heavy (non-hydrogen) atoms. The zero-order valence-electron chi connectivity index (χ0n) is 20.0. The van der Waals surface area contributed by atoms with E-state index >= 15 is 0 Å². The van der Waals surface area contributed by atoms with Crippen LogP contribution in [-0.4, -0.2) is 17.9 Å². The number of hydrogen-bond donors (Lipinski definition) is 0. The molecule has 3 fully saturated rings. The molecular formula is C27H48O3. The molecule has 0 saturated heterocycles. The Balaban J connectivity index is 1.41. The van der Waals surface area contributed by atoms with Crippen LogP contribution in [0.1, 0.15) is 136 Å². The van der Waals surface area contributed by atoms with Crippen LogP contribution in [-0.2, 0) is 9.47 Å². The highest BCUT2D eigenvalue weighted by atomic mass is 16.7. The third-order valence-electron chi connectivity index (χ3n) is 8.54. The van der Waals surface area contributed by atoms with Crippen LogP contribution in [0.2, 0.25) is 0 Å². The van der Waals surface area contributed by atoms with Crippen molar-refractivity contribution in [2.24, 2.45) is 17.8 Å². The van der Waals surface area contributed by atoms with Crippen LogP contribution >= 0.6 is 0 Å². The van der Waals surface area contributed by atoms with Gasteiger partial charge in [-0.1, -0.05) is 78.1 Å². The Morgan fingerprint density at radius 1 is 0.800 bits per heavy atom. The van der Waals surface area contributed by atoms with Gasteiger partial charge >= 0.3 is 6.16 Å². The molecule has 0 atom stereocenters. The summed E-state index contributed by atoms with van der Waals surface area (Å²) in [4.78, 5) is 12.7. The lowest BCUT2D eigenvalue weighted by Crippen LogP contribution is -2.41. The maximum atomic E-state index is 12.7. The van der Waals surface area contributed by atoms with E-state index in [4.69, 9.17) is 9.47 Å². The van der Waals surface area contributed by atoms with Gasteiger partial charge in [-0.3, -0.25) is 0 Å². The van der Waals surface area contributed by atoms with E-state index in [0.717, 1.165) is 56.3 Å². The molecule has 0 unspecified atom stereocenters. The summed E-state index contributed by atoms with van der Waals surface area (Å²) in [5.74, 6) is 2.63. The van der Waals surface area contributed by atoms with Crippen LogP contribution in [0, 0.1) is 17.8 Å². The minimum Gasteiger partial charge on any atom is -0.431 e. The van der Waals surface area contributed by atoms with E-state index in [1.807, 2.05) is 0 Å². The lowest BCUT2D eigenvalue weighted by Gasteiger charge is -2.42. The average molecular weight is 421 g/mol. The first-order valence-electron chi connectivity index (χ1n) is 13.5. The summed E-state index contributed by atoms with van der Waals surface area (Å²) in [6.45, 7) is 4.48. The third-order valence-corrected chi connectivity index (χ3v) is 8.54. The van der Waals surface area contributed by atoms with E-state index in [0.29, 0.717) is 0 Å². The molecule has 0 aromatic carbocycles. The lowest BCUT2D eigenvalue weighted by molar-refractivity contribution is -0.0855. The predicted octanol–water partition coefficient (Wildman–Crippen LogP) is 8.59. The summed E-state index contributed by atoms with van der Waals surface area (Å²) in [5.41, 5.74) is -0.256. The summed E-state index contributed by atoms with van der Waals surface area (Å²) >= 11 is 0. The number of unbranched alkanes of at least 4 members (excludes halogenated alkanes) is 2. The van der Waals surface area contributed by atoms with E-state index in [2.05, 4.69) is 13.8 Å². The molecule has 0 spiro atoms. The maximum absolute atomic E-state index is 12.7. The fraction of sp³-hybridized carbons (Fsp3) is 0.963. The van der Waals surface area contributed by atoms with Gasteiger partial charge in [0.05, 0.1) is 0 Å². The molecule has 0 N–H and O–H groups in total. The van der Waals surface area contributed by atoms with Crippen molar-refractivity contribution in [3.8, 4) is 0 Å². The quantitative estimate of drug-likeness (QED) is 0.277. The number of ether oxygens (including phenoxy) is 2. The molecule has 0 aromatic rings. The van der Waals surface area contributed by atoms with Crippen LogP contribution in [0.3, 0.4) is 0 Å². The minimum atomic E-state index is -0.381. The van der Waals surface area contributed by atoms with Gasteiger partial charge in [0, 0.05) is 0 Å². The molecule has 3 nitrogen and oxygen atoms in total. The number of carbonyl (C=O) groups excluding carboxylic acids is 1. The van der Waals surface area contributed by atoms with Crippen LogP contribution in [0.4, 0.5) is 4.79 Å². The predicted molar refractivity (Wildman–Crippen MR) is 124 cm³/mol. The van der Waals surface area contributed by atoms with Gasteiger partial charge in [0.1, 0.15) is 11.7 Å². The second kappa shape index (κ2) is 12.3. The molecule has 0 amide bonds. The zero-order valence-corrected chi connectivity index (χ0v) is 20.0. The standard InChI is InChI=1S/C27H48O3/c1-3-5-7-10-22-13-15-25(16-14-22)29-26(28)30-27(19-4-2)20-17-24(18-21-27)23-11-8-6-9-12-23/h22-25H,3-21H2,1-2H3. The molecule has 3 rings (SSSR count). The van der Waals surface area contributed by atoms with Crippen molar-refractivity contribution in [2.45, 2.75) is 148 Å². The van der Waals surface area contributed by atoms with Crippen molar-refractivity contribution in [1.29, 1.82) is 0 Å². The molecule has 0 radical (unpaired) electrons. The lowest BCUT2D eigenvalue weighted by atomic mass is 9.68. The van der Waals surface area contributed by atoms with Crippen molar-refractivity contribution in [3.63, 3.8) is 0 Å². The Hall–Kier alpha value is -0.730. The highest BCUT2D eigenvalue weighted by Crippen LogP contribution is 2.44. The summed E-state index contributed by atoms with van der Waals surface area (Å²) in [6.07, 6.45) is 23.3. The van der Waals surface area contributed by atoms with E-state index < -0.39 is 0 Å². The van der Waals surface area contributed by atoms with Gasteiger partial charge in [0.2, 0.25) is 0 Å². The molecule has 3 heteroatoms. The largest absolute Gasteiger partial charge is 0.509 e. The molecule has 0 bridgehead atoms. The first kappa shape index (κ1) is 23.9. The second-order valence-corrected chi connectivity index (χ2v) is 10.8. The van der Waals surface area contributed by atoms with E-state index in [-0.39, 0.29) is 17.9 Å². The van der Waals surface area contributed by atoms with Gasteiger partial charge < -0.3 is 9.47 Å². The minimum absolute atomic E-state index is 0.0807. The van der Waals surface area contributed by atoms with E-state index in [9.17, 15) is 4.79 Å². The first-order chi connectivity index (χ1) is 14.6. The van der Waals surface area contributed by atoms with Gasteiger partial charge in [0.15, 0.2) is 0 Å². The molecule has 174 valence electrons. The summed E-state index contributed by atoms with van der Waals surface area (Å²) < 4.78 is 11.9. The Morgan fingerprint density at radius 3 is 2.10 bits per heavy atom. The Kier molecular flexibility index (Phi) is 9.84. The van der Waals surface area contributed by atoms with Crippen LogP contribution in [0.5, 0.6) is 0 Å². The molecule has 0 aromatic heterocycles. The van der Waals surface area contributed by atoms with Crippen molar-refractivity contribution in [3.05, 3.63) is 0 Å². The highest BCUT2D eigenvalue weighted by molar-refractivity contribution is 5.61. The van der Waals surface area contributed by atoms with Crippen molar-refractivity contribution in [1.82, 2.24) is 0 Å². The molecule has 3 aliphatic rings. The SMILES string of the molecule is CCCCCC1CCC(OC(=O)OC2(CCC)CCC(C3CCCCC3)CC2)CC1. The Bertz CT molecular complexity index is 480. The van der Waals surface area contributed by atoms with Crippen molar-refractivity contribution >= 4 is 6.16 Å². The van der Waals surface area contributed by atoms with Crippen molar-refractivity contribution in [2.75, 3.05) is 0 Å². The average Bonchev–Trinajstić information content (AvgIpc) is 2.76. The van der Waals surface area contributed by atoms with Crippen LogP contribution < -0.4 is 0 Å². The number of hydrogen-bond acceptors (Lipinski definition) is 3. The first-order valence-corrected chi connectivity index (χ1v) is 13.5. The summed E-state index contributed by atoms with van der Waals surface area (Å²) in [5, 5.41) is 0. The molecule has 3 saturated carbocycles. The van der Waals surface area contributed by atoms with Gasteiger partial charge in [-0.2, -0.15) is 0 Å². The number of rotatable bonds is 9. The molecule has 0 heterocycles. The summed E-state index contributed by atoms with van der Waals surface area (Å²) in [6, 6.07) is 0. The topological polar surface area (TPSA) is 35.5 Å². The fourth-order valence-electron chi connectivity index (χ4n) is 6.66. The highest BCUT2D eigenvalue weighted by Gasteiger charge is 2.41. The summed E-state index contributed by atoms with van der Waals surface area (Å²) in [7, 11) is 0. The zero-order chi connectivity index (χ0) is 21.2. The molecular weight excluding hydrogens is 372 g/mol. The fourth-order valence-corrected chi connectivity index (χ4v) is 6.66. The van der Waals surface area contributed by atoms with Crippen LogP contribution in [0.15, 0.2) is 0 Å². The number of carbonyl (C=O) groups is 1. The molecule has 3 aliphatic carbocycles. The van der Waals surface area contributed by atoms with Gasteiger partial charge in [0.25, 0.3) is 0 Å². The smallest absolute Gasteiger partial charge is 0.431 e. The van der Waals surface area contributed by atoms with Crippen molar-refractivity contribution < 1.29 is 14.3 Å². The van der Waals surface area contributed by atoms with Gasteiger partial charge in [-0.05, 0) is 75.5 Å². The normalized spacial score (nSPS) is 33.2.